The zero-order valence-corrected chi connectivity index (χ0v) is 11.5. The number of hydrogen-bond acceptors (Lipinski definition) is 4. The van der Waals surface area contributed by atoms with Gasteiger partial charge in [-0.15, -0.1) is 0 Å². The summed E-state index contributed by atoms with van der Waals surface area (Å²) in [5, 5.41) is 8.70. The highest BCUT2D eigenvalue weighted by atomic mass is 16.6. The molecule has 1 unspecified atom stereocenters. The Bertz CT molecular complexity index is 410. The molecule has 1 N–H and O–H groups in total. The smallest absolute Gasteiger partial charge is 0.410 e. The summed E-state index contributed by atoms with van der Waals surface area (Å²) in [5.41, 5.74) is 0.980. The summed E-state index contributed by atoms with van der Waals surface area (Å²) in [6.07, 6.45) is 1.60. The van der Waals surface area contributed by atoms with Crippen molar-refractivity contribution in [1.29, 1.82) is 0 Å². The standard InChI is InChI=1S/C15H21NO4/c17-9-10-19-12-14-7-4-8-16(14)15(18)20-11-13-5-2-1-3-6-13/h1-3,5-6,14,17H,4,7-12H2. The molecule has 0 aliphatic carbocycles. The Morgan fingerprint density at radius 1 is 1.35 bits per heavy atom. The van der Waals surface area contributed by atoms with Crippen molar-refractivity contribution >= 4 is 6.09 Å². The summed E-state index contributed by atoms with van der Waals surface area (Å²) in [6.45, 7) is 1.77. The number of carbonyl (C=O) groups is 1. The molecule has 0 aromatic heterocycles. The lowest BCUT2D eigenvalue weighted by atomic mass is 10.2. The van der Waals surface area contributed by atoms with E-state index >= 15 is 0 Å². The van der Waals surface area contributed by atoms with Gasteiger partial charge in [0.25, 0.3) is 0 Å². The van der Waals surface area contributed by atoms with E-state index in [1.165, 1.54) is 0 Å². The Kier molecular flexibility index (Phi) is 5.83. The van der Waals surface area contributed by atoms with Crippen LogP contribution in [0.15, 0.2) is 30.3 Å². The van der Waals surface area contributed by atoms with Crippen LogP contribution in [0.5, 0.6) is 0 Å². The molecule has 0 spiro atoms. The molecule has 20 heavy (non-hydrogen) atoms. The number of benzene rings is 1. The SMILES string of the molecule is O=C(OCc1ccccc1)N1CCCC1COCCO. The molecule has 1 aliphatic heterocycles. The Balaban J connectivity index is 1.78. The van der Waals surface area contributed by atoms with Crippen molar-refractivity contribution in [1.82, 2.24) is 4.90 Å². The highest BCUT2D eigenvalue weighted by Crippen LogP contribution is 2.19. The number of amides is 1. The normalized spacial score (nSPS) is 18.2. The first kappa shape index (κ1) is 14.8. The van der Waals surface area contributed by atoms with Crippen molar-refractivity contribution < 1.29 is 19.4 Å². The van der Waals surface area contributed by atoms with Gasteiger partial charge in [-0.25, -0.2) is 4.79 Å². The lowest BCUT2D eigenvalue weighted by molar-refractivity contribution is 0.0421. The maximum atomic E-state index is 12.1. The van der Waals surface area contributed by atoms with Crippen LogP contribution >= 0.6 is 0 Å². The zero-order chi connectivity index (χ0) is 14.2. The third-order valence-electron chi connectivity index (χ3n) is 3.36. The van der Waals surface area contributed by atoms with Gasteiger partial charge in [-0.3, -0.25) is 0 Å². The molecule has 1 aromatic carbocycles. The first-order chi connectivity index (χ1) is 9.81. The average Bonchev–Trinajstić information content (AvgIpc) is 2.95. The molecule has 0 saturated carbocycles. The summed E-state index contributed by atoms with van der Waals surface area (Å²) in [7, 11) is 0. The highest BCUT2D eigenvalue weighted by Gasteiger charge is 2.29. The molecular weight excluding hydrogens is 258 g/mol. The van der Waals surface area contributed by atoms with E-state index < -0.39 is 0 Å². The molecule has 1 atom stereocenters. The molecule has 1 aliphatic rings. The van der Waals surface area contributed by atoms with Crippen LogP contribution < -0.4 is 0 Å². The molecule has 1 saturated heterocycles. The van der Waals surface area contributed by atoms with Crippen LogP contribution in [0.4, 0.5) is 4.79 Å². The molecule has 1 heterocycles. The second-order valence-electron chi connectivity index (χ2n) is 4.83. The summed E-state index contributed by atoms with van der Waals surface area (Å²) < 4.78 is 10.6. The fourth-order valence-electron chi connectivity index (χ4n) is 2.34. The lowest BCUT2D eigenvalue weighted by Crippen LogP contribution is -2.38. The molecule has 1 aromatic rings. The number of carbonyl (C=O) groups excluding carboxylic acids is 1. The molecule has 1 amide bonds. The van der Waals surface area contributed by atoms with Gasteiger partial charge in [0.05, 0.1) is 25.9 Å². The number of rotatable bonds is 6. The summed E-state index contributed by atoms with van der Waals surface area (Å²) in [4.78, 5) is 13.8. The second-order valence-corrected chi connectivity index (χ2v) is 4.83. The predicted octanol–water partition coefficient (Wildman–Crippen LogP) is 1.80. The van der Waals surface area contributed by atoms with E-state index in [1.807, 2.05) is 30.3 Å². The van der Waals surface area contributed by atoms with Gasteiger partial charge >= 0.3 is 6.09 Å². The van der Waals surface area contributed by atoms with Crippen molar-refractivity contribution in [2.75, 3.05) is 26.4 Å². The highest BCUT2D eigenvalue weighted by molar-refractivity contribution is 5.68. The largest absolute Gasteiger partial charge is 0.445 e. The maximum absolute atomic E-state index is 12.1. The topological polar surface area (TPSA) is 59.0 Å². The number of aliphatic hydroxyl groups is 1. The van der Waals surface area contributed by atoms with E-state index in [0.29, 0.717) is 26.4 Å². The van der Waals surface area contributed by atoms with E-state index in [9.17, 15) is 4.79 Å². The third-order valence-corrected chi connectivity index (χ3v) is 3.36. The van der Waals surface area contributed by atoms with Crippen LogP contribution in [0, 0.1) is 0 Å². The van der Waals surface area contributed by atoms with Crippen LogP contribution in [-0.2, 0) is 16.1 Å². The molecule has 5 nitrogen and oxygen atoms in total. The third kappa shape index (κ3) is 4.21. The van der Waals surface area contributed by atoms with Gasteiger partial charge in [0.1, 0.15) is 6.61 Å². The number of hydrogen-bond donors (Lipinski definition) is 1. The minimum atomic E-state index is -0.288. The number of nitrogens with zero attached hydrogens (tertiary/aromatic N) is 1. The van der Waals surface area contributed by atoms with Crippen molar-refractivity contribution in [2.24, 2.45) is 0 Å². The van der Waals surface area contributed by atoms with Gasteiger partial charge in [0, 0.05) is 6.54 Å². The lowest BCUT2D eigenvalue weighted by Gasteiger charge is -2.23. The Morgan fingerprint density at radius 3 is 2.90 bits per heavy atom. The van der Waals surface area contributed by atoms with Gasteiger partial charge < -0.3 is 19.5 Å². The van der Waals surface area contributed by atoms with Gasteiger partial charge in [-0.1, -0.05) is 30.3 Å². The first-order valence-electron chi connectivity index (χ1n) is 6.97. The first-order valence-corrected chi connectivity index (χ1v) is 6.97. The summed E-state index contributed by atoms with van der Waals surface area (Å²) in [6, 6.07) is 9.69. The Labute approximate surface area is 119 Å². The quantitative estimate of drug-likeness (QED) is 0.807. The molecule has 0 radical (unpaired) electrons. The van der Waals surface area contributed by atoms with Gasteiger partial charge in [-0.05, 0) is 18.4 Å². The van der Waals surface area contributed by atoms with Crippen molar-refractivity contribution in [3.05, 3.63) is 35.9 Å². The zero-order valence-electron chi connectivity index (χ0n) is 11.5. The second kappa shape index (κ2) is 7.87. The van der Waals surface area contributed by atoms with Crippen molar-refractivity contribution in [2.45, 2.75) is 25.5 Å². The van der Waals surface area contributed by atoms with E-state index in [-0.39, 0.29) is 18.7 Å². The summed E-state index contributed by atoms with van der Waals surface area (Å²) in [5.74, 6) is 0. The van der Waals surface area contributed by atoms with Crippen LogP contribution in [0.1, 0.15) is 18.4 Å². The number of ether oxygens (including phenoxy) is 2. The summed E-state index contributed by atoms with van der Waals surface area (Å²) >= 11 is 0. The van der Waals surface area contributed by atoms with Crippen molar-refractivity contribution in [3.63, 3.8) is 0 Å². The van der Waals surface area contributed by atoms with Crippen LogP contribution in [0.3, 0.4) is 0 Å². The molecule has 110 valence electrons. The number of likely N-dealkylation sites (tertiary alicyclic amines) is 1. The minimum Gasteiger partial charge on any atom is -0.445 e. The predicted molar refractivity (Wildman–Crippen MR) is 74.3 cm³/mol. The van der Waals surface area contributed by atoms with E-state index in [0.717, 1.165) is 18.4 Å². The molecular formula is C15H21NO4. The van der Waals surface area contributed by atoms with E-state index in [1.54, 1.807) is 4.90 Å². The van der Waals surface area contributed by atoms with Crippen molar-refractivity contribution in [3.8, 4) is 0 Å². The molecule has 0 bridgehead atoms. The van der Waals surface area contributed by atoms with Crippen LogP contribution in [0.25, 0.3) is 0 Å². The minimum absolute atomic E-state index is 0.00513. The molecule has 5 heteroatoms. The Hall–Kier alpha value is -1.59. The number of aliphatic hydroxyl groups excluding tert-OH is 1. The molecule has 1 fully saturated rings. The van der Waals surface area contributed by atoms with Gasteiger partial charge in [0.2, 0.25) is 0 Å². The van der Waals surface area contributed by atoms with Crippen LogP contribution in [-0.4, -0.2) is 48.5 Å². The Morgan fingerprint density at radius 2 is 2.15 bits per heavy atom. The fraction of sp³-hybridized carbons (Fsp3) is 0.533. The van der Waals surface area contributed by atoms with Gasteiger partial charge in [0.15, 0.2) is 0 Å². The maximum Gasteiger partial charge on any atom is 0.410 e. The van der Waals surface area contributed by atoms with Gasteiger partial charge in [-0.2, -0.15) is 0 Å². The molecule has 2 rings (SSSR count). The van der Waals surface area contributed by atoms with E-state index in [4.69, 9.17) is 14.6 Å². The fourth-order valence-corrected chi connectivity index (χ4v) is 2.34. The average molecular weight is 279 g/mol. The monoisotopic (exact) mass is 279 g/mol. The van der Waals surface area contributed by atoms with Crippen LogP contribution in [0.2, 0.25) is 0 Å². The van der Waals surface area contributed by atoms with E-state index in [2.05, 4.69) is 0 Å².